The van der Waals surface area contributed by atoms with Crippen molar-refractivity contribution in [1.29, 1.82) is 0 Å². The summed E-state index contributed by atoms with van der Waals surface area (Å²) in [7, 11) is 0. The minimum atomic E-state index is -1.31. The Morgan fingerprint density at radius 2 is 1.86 bits per heavy atom. The minimum Gasteiger partial charge on any atom is -0.419 e. The predicted molar refractivity (Wildman–Crippen MR) is 82.1 cm³/mol. The lowest BCUT2D eigenvalue weighted by atomic mass is 10.2. The Balaban J connectivity index is 2.24. The Kier molecular flexibility index (Phi) is 4.43. The molecule has 0 amide bonds. The lowest BCUT2D eigenvalue weighted by Gasteiger charge is -2.29. The number of hydrogen-bond donors (Lipinski definition) is 1. The fourth-order valence-electron chi connectivity index (χ4n) is 1.56. The minimum absolute atomic E-state index is 0.0710. The number of halogens is 3. The van der Waals surface area contributed by atoms with Gasteiger partial charge < -0.3 is 14.8 Å². The first-order valence-electron chi connectivity index (χ1n) is 5.77. The number of carbonyl (C=O) groups excluding carboxylic acids is 2. The van der Waals surface area contributed by atoms with E-state index >= 15 is 0 Å². The molecule has 1 saturated heterocycles. The third-order valence-corrected chi connectivity index (χ3v) is 4.02. The van der Waals surface area contributed by atoms with Gasteiger partial charge in [-0.15, -0.1) is 0 Å². The fraction of sp³-hybridized carbons (Fsp3) is 0.231. The van der Waals surface area contributed by atoms with Crippen molar-refractivity contribution in [2.45, 2.75) is 19.6 Å². The number of nitrogens with one attached hydrogen (secondary N) is 1. The molecule has 0 bridgehead atoms. The van der Waals surface area contributed by atoms with Crippen molar-refractivity contribution in [3.05, 3.63) is 38.3 Å². The van der Waals surface area contributed by atoms with E-state index in [2.05, 4.69) is 5.32 Å². The normalized spacial score (nSPS) is 17.1. The maximum atomic E-state index is 13.7. The van der Waals surface area contributed by atoms with Crippen molar-refractivity contribution in [2.24, 2.45) is 0 Å². The van der Waals surface area contributed by atoms with Gasteiger partial charge in [-0.25, -0.2) is 14.0 Å². The Labute approximate surface area is 138 Å². The maximum Gasteiger partial charge on any atom is 0.350 e. The molecule has 0 atom stereocenters. The molecule has 1 aromatic carbocycles. The molecule has 0 saturated carbocycles. The first kappa shape index (κ1) is 16.0. The van der Waals surface area contributed by atoms with Crippen molar-refractivity contribution in [2.75, 3.05) is 5.32 Å². The maximum absolute atomic E-state index is 13.7. The van der Waals surface area contributed by atoms with Crippen LogP contribution in [0.3, 0.4) is 0 Å². The van der Waals surface area contributed by atoms with Gasteiger partial charge in [0.1, 0.15) is 5.82 Å². The zero-order chi connectivity index (χ0) is 15.8. The number of hydrogen-bond acceptors (Lipinski definition) is 5. The number of rotatable bonds is 2. The van der Waals surface area contributed by atoms with Crippen LogP contribution in [0, 0.1) is 9.39 Å². The molecule has 1 N–H and O–H groups in total. The Hall–Kier alpha value is -1.35. The van der Waals surface area contributed by atoms with E-state index in [1.807, 2.05) is 22.6 Å². The summed E-state index contributed by atoms with van der Waals surface area (Å²) in [6.45, 7) is 2.88. The molecule has 0 unspecified atom stereocenters. The van der Waals surface area contributed by atoms with Gasteiger partial charge >= 0.3 is 11.9 Å². The second-order valence-corrected chi connectivity index (χ2v) is 6.20. The van der Waals surface area contributed by atoms with E-state index in [4.69, 9.17) is 21.1 Å². The van der Waals surface area contributed by atoms with Crippen LogP contribution < -0.4 is 5.32 Å². The molecule has 1 aliphatic rings. The van der Waals surface area contributed by atoms with Crippen molar-refractivity contribution < 1.29 is 23.5 Å². The lowest BCUT2D eigenvalue weighted by molar-refractivity contribution is -0.222. The highest BCUT2D eigenvalue weighted by atomic mass is 127. The summed E-state index contributed by atoms with van der Waals surface area (Å²) >= 11 is 7.70. The lowest BCUT2D eigenvalue weighted by Crippen LogP contribution is -2.42. The van der Waals surface area contributed by atoms with E-state index in [9.17, 15) is 14.0 Å². The van der Waals surface area contributed by atoms with Gasteiger partial charge in [0.15, 0.2) is 5.57 Å². The largest absolute Gasteiger partial charge is 0.419 e. The highest BCUT2D eigenvalue weighted by Crippen LogP contribution is 2.27. The van der Waals surface area contributed by atoms with E-state index in [1.165, 1.54) is 19.9 Å². The van der Waals surface area contributed by atoms with Gasteiger partial charge in [0.05, 0.1) is 10.7 Å². The van der Waals surface area contributed by atoms with Gasteiger partial charge in [-0.1, -0.05) is 11.6 Å². The molecule has 112 valence electrons. The zero-order valence-electron chi connectivity index (χ0n) is 11.0. The van der Waals surface area contributed by atoms with Gasteiger partial charge in [0.25, 0.3) is 5.79 Å². The average Bonchev–Trinajstić information content (AvgIpc) is 2.32. The van der Waals surface area contributed by atoms with Crippen LogP contribution in [-0.2, 0) is 19.1 Å². The van der Waals surface area contributed by atoms with Crippen LogP contribution in [0.5, 0.6) is 0 Å². The monoisotopic (exact) mass is 425 g/mol. The van der Waals surface area contributed by atoms with Gasteiger partial charge in [0.2, 0.25) is 0 Å². The standard InChI is InChI=1S/C13H10ClFINO4/c1-13(2)20-11(18)6(12(19)21-13)5-17-10-4-9(16)7(14)3-8(10)15/h3-5,17H,1-2H3. The molecule has 1 heterocycles. The van der Waals surface area contributed by atoms with Crippen molar-refractivity contribution in [3.63, 3.8) is 0 Å². The summed E-state index contributed by atoms with van der Waals surface area (Å²) in [5.41, 5.74) is -0.277. The van der Waals surface area contributed by atoms with E-state index in [0.29, 0.717) is 3.57 Å². The summed E-state index contributed by atoms with van der Waals surface area (Å²) in [5, 5.41) is 2.80. The van der Waals surface area contributed by atoms with Crippen LogP contribution in [0.15, 0.2) is 23.9 Å². The van der Waals surface area contributed by atoms with Crippen LogP contribution in [-0.4, -0.2) is 17.7 Å². The molecule has 8 heteroatoms. The highest BCUT2D eigenvalue weighted by Gasteiger charge is 2.38. The van der Waals surface area contributed by atoms with Crippen LogP contribution in [0.25, 0.3) is 0 Å². The predicted octanol–water partition coefficient (Wildman–Crippen LogP) is 3.22. The number of cyclic esters (lactones) is 2. The summed E-state index contributed by atoms with van der Waals surface area (Å²) in [4.78, 5) is 23.4. The third-order valence-electron chi connectivity index (χ3n) is 2.50. The second-order valence-electron chi connectivity index (χ2n) is 4.63. The van der Waals surface area contributed by atoms with Crippen LogP contribution >= 0.6 is 34.2 Å². The molecule has 2 rings (SSSR count). The molecule has 1 aromatic rings. The third kappa shape index (κ3) is 3.65. The average molecular weight is 426 g/mol. The second kappa shape index (κ2) is 5.80. The molecule has 0 radical (unpaired) electrons. The quantitative estimate of drug-likeness (QED) is 0.259. The summed E-state index contributed by atoms with van der Waals surface area (Å²) in [5.74, 6) is -3.61. The molecular weight excluding hydrogens is 416 g/mol. The molecule has 1 aliphatic heterocycles. The fourth-order valence-corrected chi connectivity index (χ4v) is 2.18. The molecule has 0 spiro atoms. The summed E-state index contributed by atoms with van der Waals surface area (Å²) in [6, 6.07) is 2.57. The summed E-state index contributed by atoms with van der Waals surface area (Å²) < 4.78 is 24.1. The first-order chi connectivity index (χ1) is 9.69. The zero-order valence-corrected chi connectivity index (χ0v) is 13.9. The van der Waals surface area contributed by atoms with Crippen LogP contribution in [0.4, 0.5) is 10.1 Å². The number of ether oxygens (including phenoxy) is 2. The van der Waals surface area contributed by atoms with Crippen LogP contribution in [0.2, 0.25) is 5.02 Å². The van der Waals surface area contributed by atoms with Gasteiger partial charge in [-0.2, -0.15) is 0 Å². The number of anilines is 1. The SMILES string of the molecule is CC1(C)OC(=O)C(=CNc2cc(I)c(Cl)cc2F)C(=O)O1. The molecule has 1 fully saturated rings. The van der Waals surface area contributed by atoms with E-state index in [-0.39, 0.29) is 16.3 Å². The first-order valence-corrected chi connectivity index (χ1v) is 7.23. The Morgan fingerprint density at radius 3 is 2.43 bits per heavy atom. The highest BCUT2D eigenvalue weighted by molar-refractivity contribution is 14.1. The molecule has 0 aliphatic carbocycles. The van der Waals surface area contributed by atoms with E-state index in [1.54, 1.807) is 0 Å². The number of esters is 2. The van der Waals surface area contributed by atoms with Gasteiger partial charge in [-0.3, -0.25) is 0 Å². The molecule has 5 nitrogen and oxygen atoms in total. The van der Waals surface area contributed by atoms with E-state index in [0.717, 1.165) is 12.3 Å². The number of benzene rings is 1. The van der Waals surface area contributed by atoms with Crippen molar-refractivity contribution >= 4 is 51.8 Å². The van der Waals surface area contributed by atoms with Gasteiger partial charge in [0, 0.05) is 23.6 Å². The van der Waals surface area contributed by atoms with Crippen LogP contribution in [0.1, 0.15) is 13.8 Å². The van der Waals surface area contributed by atoms with Crippen molar-refractivity contribution in [3.8, 4) is 0 Å². The van der Waals surface area contributed by atoms with Gasteiger partial charge in [-0.05, 0) is 34.7 Å². The number of carbonyl (C=O) groups is 2. The molecular formula is C13H10ClFINO4. The van der Waals surface area contributed by atoms with E-state index < -0.39 is 23.5 Å². The topological polar surface area (TPSA) is 64.6 Å². The molecule has 0 aromatic heterocycles. The van der Waals surface area contributed by atoms with Crippen molar-refractivity contribution in [1.82, 2.24) is 0 Å². The Bertz CT molecular complexity index is 638. The Morgan fingerprint density at radius 1 is 1.29 bits per heavy atom. The smallest absolute Gasteiger partial charge is 0.350 e. The molecule has 21 heavy (non-hydrogen) atoms. The summed E-state index contributed by atoms with van der Waals surface area (Å²) in [6.07, 6.45) is 1.04.